The molecule has 0 amide bonds. The van der Waals surface area contributed by atoms with E-state index in [0.29, 0.717) is 0 Å². The lowest BCUT2D eigenvalue weighted by Crippen LogP contribution is -2.30. The van der Waals surface area contributed by atoms with Gasteiger partial charge in [0.15, 0.2) is 19.7 Å². The van der Waals surface area contributed by atoms with Crippen LogP contribution in [0.1, 0.15) is 6.92 Å². The summed E-state index contributed by atoms with van der Waals surface area (Å²) in [5.41, 5.74) is 0.176. The molecule has 0 fully saturated rings. The molecule has 0 aliphatic heterocycles. The summed E-state index contributed by atoms with van der Waals surface area (Å²) in [6, 6.07) is 3.65. The summed E-state index contributed by atoms with van der Waals surface area (Å²) >= 11 is 0. The first-order chi connectivity index (χ1) is 9.46. The highest BCUT2D eigenvalue weighted by atomic mass is 32.2. The molecule has 1 aromatic rings. The van der Waals surface area contributed by atoms with Crippen molar-refractivity contribution in [2.75, 3.05) is 30.5 Å². The molecule has 0 spiro atoms. The summed E-state index contributed by atoms with van der Waals surface area (Å²) < 4.78 is 46.8. The van der Waals surface area contributed by atoms with E-state index < -0.39 is 25.6 Å². The molecule has 21 heavy (non-hydrogen) atoms. The Morgan fingerprint density at radius 1 is 1.14 bits per heavy atom. The van der Waals surface area contributed by atoms with Gasteiger partial charge in [-0.1, -0.05) is 0 Å². The van der Waals surface area contributed by atoms with E-state index in [1.54, 1.807) is 6.92 Å². The highest BCUT2D eigenvalue weighted by Crippen LogP contribution is 2.28. The molecule has 0 aliphatic carbocycles. The number of carbonyl (C=O) groups is 1. The molecule has 0 bridgehead atoms. The standard InChI is InChI=1S/C12H17NO6S2/c1-4-13(8-12(14)15)10-6-5-9(20(2,16)17)7-11(10)21(3,18)19/h5-7H,4,8H2,1-3H3,(H,14,15). The number of hydrogen-bond acceptors (Lipinski definition) is 6. The van der Waals surface area contributed by atoms with Crippen molar-refractivity contribution in [1.82, 2.24) is 0 Å². The Labute approximate surface area is 124 Å². The van der Waals surface area contributed by atoms with Crippen LogP contribution in [0.3, 0.4) is 0 Å². The van der Waals surface area contributed by atoms with Crippen molar-refractivity contribution in [1.29, 1.82) is 0 Å². The van der Waals surface area contributed by atoms with Gasteiger partial charge in [0, 0.05) is 19.1 Å². The smallest absolute Gasteiger partial charge is 0.323 e. The largest absolute Gasteiger partial charge is 0.480 e. The van der Waals surface area contributed by atoms with E-state index in [1.165, 1.54) is 17.0 Å². The van der Waals surface area contributed by atoms with Crippen LogP contribution in [0.15, 0.2) is 28.0 Å². The number of anilines is 1. The van der Waals surface area contributed by atoms with Crippen LogP contribution in [0, 0.1) is 0 Å². The van der Waals surface area contributed by atoms with Crippen molar-refractivity contribution in [3.63, 3.8) is 0 Å². The monoisotopic (exact) mass is 335 g/mol. The third-order valence-electron chi connectivity index (χ3n) is 2.81. The minimum Gasteiger partial charge on any atom is -0.480 e. The zero-order valence-corrected chi connectivity index (χ0v) is 13.5. The van der Waals surface area contributed by atoms with Gasteiger partial charge >= 0.3 is 5.97 Å². The molecular formula is C12H17NO6S2. The van der Waals surface area contributed by atoms with E-state index in [-0.39, 0.29) is 28.6 Å². The van der Waals surface area contributed by atoms with E-state index in [9.17, 15) is 21.6 Å². The van der Waals surface area contributed by atoms with Gasteiger partial charge in [0.05, 0.1) is 15.5 Å². The minimum absolute atomic E-state index is 0.127. The lowest BCUT2D eigenvalue weighted by molar-refractivity contribution is -0.135. The van der Waals surface area contributed by atoms with Gasteiger partial charge in [-0.05, 0) is 25.1 Å². The van der Waals surface area contributed by atoms with Gasteiger partial charge in [0.2, 0.25) is 0 Å². The van der Waals surface area contributed by atoms with Crippen molar-refractivity contribution in [2.24, 2.45) is 0 Å². The highest BCUT2D eigenvalue weighted by Gasteiger charge is 2.21. The van der Waals surface area contributed by atoms with E-state index in [1.807, 2.05) is 0 Å². The van der Waals surface area contributed by atoms with Crippen LogP contribution in [0.2, 0.25) is 0 Å². The fourth-order valence-corrected chi connectivity index (χ4v) is 3.45. The number of carboxylic acids is 1. The Bertz CT molecular complexity index is 752. The van der Waals surface area contributed by atoms with Gasteiger partial charge in [-0.25, -0.2) is 16.8 Å². The predicted molar refractivity (Wildman–Crippen MR) is 78.2 cm³/mol. The van der Waals surface area contributed by atoms with Gasteiger partial charge in [0.1, 0.15) is 6.54 Å². The van der Waals surface area contributed by atoms with E-state index >= 15 is 0 Å². The van der Waals surface area contributed by atoms with Gasteiger partial charge in [-0.15, -0.1) is 0 Å². The summed E-state index contributed by atoms with van der Waals surface area (Å²) in [5, 5.41) is 8.87. The lowest BCUT2D eigenvalue weighted by atomic mass is 10.3. The van der Waals surface area contributed by atoms with Crippen LogP contribution in [-0.2, 0) is 24.5 Å². The Balaban J connectivity index is 3.56. The molecule has 0 radical (unpaired) electrons. The normalized spacial score (nSPS) is 12.1. The van der Waals surface area contributed by atoms with Crippen LogP contribution in [-0.4, -0.2) is 53.5 Å². The number of aliphatic carboxylic acids is 1. The molecular weight excluding hydrogens is 318 g/mol. The average molecular weight is 335 g/mol. The zero-order chi connectivity index (χ0) is 16.4. The van der Waals surface area contributed by atoms with E-state index in [4.69, 9.17) is 5.11 Å². The first kappa shape index (κ1) is 17.4. The SMILES string of the molecule is CCN(CC(=O)O)c1ccc(S(C)(=O)=O)cc1S(C)(=O)=O. The first-order valence-electron chi connectivity index (χ1n) is 5.97. The summed E-state index contributed by atoms with van der Waals surface area (Å²) in [6.07, 6.45) is 1.93. The Morgan fingerprint density at radius 3 is 2.10 bits per heavy atom. The topological polar surface area (TPSA) is 109 Å². The predicted octanol–water partition coefficient (Wildman–Crippen LogP) is 0.405. The Hall–Kier alpha value is -1.61. The first-order valence-corrected chi connectivity index (χ1v) is 9.76. The molecule has 0 unspecified atom stereocenters. The highest BCUT2D eigenvalue weighted by molar-refractivity contribution is 7.91. The summed E-state index contributed by atoms with van der Waals surface area (Å²) in [6.45, 7) is 1.57. The molecule has 1 aromatic carbocycles. The number of carboxylic acid groups (broad SMARTS) is 1. The summed E-state index contributed by atoms with van der Waals surface area (Å²) in [5.74, 6) is -1.11. The minimum atomic E-state index is -3.71. The maximum Gasteiger partial charge on any atom is 0.323 e. The van der Waals surface area contributed by atoms with Crippen LogP contribution < -0.4 is 4.90 Å². The lowest BCUT2D eigenvalue weighted by Gasteiger charge is -2.23. The summed E-state index contributed by atoms with van der Waals surface area (Å²) in [7, 11) is -7.26. The molecule has 7 nitrogen and oxygen atoms in total. The molecule has 118 valence electrons. The third-order valence-corrected chi connectivity index (χ3v) is 5.04. The second-order valence-electron chi connectivity index (χ2n) is 4.58. The summed E-state index contributed by atoms with van der Waals surface area (Å²) in [4.78, 5) is 11.9. The van der Waals surface area contributed by atoms with Crippen molar-refractivity contribution in [3.8, 4) is 0 Å². The quantitative estimate of drug-likeness (QED) is 0.801. The molecule has 0 aliphatic rings. The number of benzene rings is 1. The fourth-order valence-electron chi connectivity index (χ4n) is 1.81. The van der Waals surface area contributed by atoms with Crippen molar-refractivity contribution >= 4 is 31.3 Å². The molecule has 0 heterocycles. The van der Waals surface area contributed by atoms with Crippen molar-refractivity contribution in [3.05, 3.63) is 18.2 Å². The van der Waals surface area contributed by atoms with Gasteiger partial charge in [0.25, 0.3) is 0 Å². The number of hydrogen-bond donors (Lipinski definition) is 1. The van der Waals surface area contributed by atoms with Crippen LogP contribution in [0.4, 0.5) is 5.69 Å². The number of rotatable bonds is 6. The van der Waals surface area contributed by atoms with Crippen molar-refractivity contribution < 1.29 is 26.7 Å². The maximum absolute atomic E-state index is 11.9. The molecule has 0 atom stereocenters. The van der Waals surface area contributed by atoms with E-state index in [2.05, 4.69) is 0 Å². The maximum atomic E-state index is 11.9. The van der Waals surface area contributed by atoms with Crippen molar-refractivity contribution in [2.45, 2.75) is 16.7 Å². The molecule has 1 N–H and O–H groups in total. The van der Waals surface area contributed by atoms with Crippen LogP contribution >= 0.6 is 0 Å². The van der Waals surface area contributed by atoms with Gasteiger partial charge in [-0.3, -0.25) is 4.79 Å². The molecule has 0 aromatic heterocycles. The number of sulfone groups is 2. The number of likely N-dealkylation sites (N-methyl/N-ethyl adjacent to an activating group) is 1. The second-order valence-corrected chi connectivity index (χ2v) is 8.58. The molecule has 0 saturated heterocycles. The third kappa shape index (κ3) is 4.43. The van der Waals surface area contributed by atoms with Crippen LogP contribution in [0.25, 0.3) is 0 Å². The Kier molecular flexibility index (Phi) is 5.00. The van der Waals surface area contributed by atoms with Gasteiger partial charge < -0.3 is 10.0 Å². The number of nitrogens with zero attached hydrogens (tertiary/aromatic N) is 1. The Morgan fingerprint density at radius 2 is 1.71 bits per heavy atom. The van der Waals surface area contributed by atoms with Crippen LogP contribution in [0.5, 0.6) is 0 Å². The van der Waals surface area contributed by atoms with Gasteiger partial charge in [-0.2, -0.15) is 0 Å². The fraction of sp³-hybridized carbons (Fsp3) is 0.417. The second kappa shape index (κ2) is 6.02. The average Bonchev–Trinajstić information content (AvgIpc) is 2.32. The molecule has 9 heteroatoms. The van der Waals surface area contributed by atoms with E-state index in [0.717, 1.165) is 18.6 Å². The zero-order valence-electron chi connectivity index (χ0n) is 11.9. The molecule has 0 saturated carbocycles. The molecule has 1 rings (SSSR count).